The number of amides is 2. The van der Waals surface area contributed by atoms with Crippen LogP contribution in [0, 0.1) is 6.92 Å². The number of carbonyl (C=O) groups is 2. The van der Waals surface area contributed by atoms with Gasteiger partial charge in [-0.2, -0.15) is 0 Å². The van der Waals surface area contributed by atoms with E-state index in [0.29, 0.717) is 12.2 Å². The molecule has 4 rings (SSSR count). The Bertz CT molecular complexity index is 1580. The van der Waals surface area contributed by atoms with Gasteiger partial charge in [0.15, 0.2) is 0 Å². The first-order valence-electron chi connectivity index (χ1n) is 13.7. The molecule has 1 unspecified atom stereocenters. The molecule has 1 atom stereocenters. The van der Waals surface area contributed by atoms with Gasteiger partial charge in [0, 0.05) is 24.0 Å². The zero-order chi connectivity index (χ0) is 30.1. The van der Waals surface area contributed by atoms with Gasteiger partial charge in [-0.25, -0.2) is 8.42 Å². The number of rotatable bonds is 12. The lowest BCUT2D eigenvalue weighted by molar-refractivity contribution is -0.140. The molecule has 0 saturated heterocycles. The summed E-state index contributed by atoms with van der Waals surface area (Å²) in [6, 6.07) is 31.1. The average molecular weight is 649 g/mol. The van der Waals surface area contributed by atoms with Crippen molar-refractivity contribution in [2.75, 3.05) is 17.4 Å². The summed E-state index contributed by atoms with van der Waals surface area (Å²) in [7, 11) is -4.11. The number of nitrogens with zero attached hydrogens (tertiary/aromatic N) is 2. The Morgan fingerprint density at radius 3 is 2.00 bits per heavy atom. The van der Waals surface area contributed by atoms with Gasteiger partial charge in [-0.3, -0.25) is 13.9 Å². The number of halogens is 1. The van der Waals surface area contributed by atoms with Gasteiger partial charge in [-0.15, -0.1) is 0 Å². The number of sulfonamides is 1. The van der Waals surface area contributed by atoms with E-state index in [1.807, 2.05) is 68.4 Å². The van der Waals surface area contributed by atoms with Crippen LogP contribution in [0.2, 0.25) is 0 Å². The number of hydrogen-bond acceptors (Lipinski definition) is 4. The first-order valence-corrected chi connectivity index (χ1v) is 15.9. The molecule has 1 N–H and O–H groups in total. The van der Waals surface area contributed by atoms with Crippen LogP contribution in [0.4, 0.5) is 5.69 Å². The molecule has 0 aliphatic rings. The summed E-state index contributed by atoms with van der Waals surface area (Å²) >= 11 is 3.45. The highest BCUT2D eigenvalue weighted by atomic mass is 79.9. The molecule has 9 heteroatoms. The number of likely N-dealkylation sites (N-methyl/N-ethyl adjacent to an activating group) is 1. The lowest BCUT2D eigenvalue weighted by atomic mass is 10.0. The minimum Gasteiger partial charge on any atom is -0.355 e. The molecule has 0 saturated carbocycles. The SMILES string of the molecule is CCNC(=O)C(Cc1ccccc1)N(Cc1ccc(Br)cc1)C(=O)CN(c1ccc(C)cc1)S(=O)(=O)c1ccccc1. The van der Waals surface area contributed by atoms with Crippen LogP contribution >= 0.6 is 15.9 Å². The van der Waals surface area contributed by atoms with E-state index in [1.165, 1.54) is 17.0 Å². The van der Waals surface area contributed by atoms with Crippen molar-refractivity contribution in [3.05, 3.63) is 130 Å². The smallest absolute Gasteiger partial charge is 0.264 e. The molecule has 0 bridgehead atoms. The highest BCUT2D eigenvalue weighted by Gasteiger charge is 2.34. The van der Waals surface area contributed by atoms with Crippen molar-refractivity contribution in [1.29, 1.82) is 0 Å². The summed E-state index contributed by atoms with van der Waals surface area (Å²) in [5, 5.41) is 2.87. The summed E-state index contributed by atoms with van der Waals surface area (Å²) < 4.78 is 29.9. The molecule has 42 heavy (non-hydrogen) atoms. The van der Waals surface area contributed by atoms with Crippen LogP contribution in [-0.2, 0) is 32.6 Å². The van der Waals surface area contributed by atoms with Crippen LogP contribution in [-0.4, -0.2) is 44.3 Å². The van der Waals surface area contributed by atoms with Gasteiger partial charge in [-0.1, -0.05) is 94.3 Å². The minimum atomic E-state index is -4.11. The van der Waals surface area contributed by atoms with E-state index in [-0.39, 0.29) is 23.8 Å². The number of aryl methyl sites for hydroxylation is 1. The highest BCUT2D eigenvalue weighted by molar-refractivity contribution is 9.10. The quantitative estimate of drug-likeness (QED) is 0.213. The van der Waals surface area contributed by atoms with Crippen molar-refractivity contribution < 1.29 is 18.0 Å². The van der Waals surface area contributed by atoms with E-state index >= 15 is 0 Å². The van der Waals surface area contributed by atoms with Gasteiger partial charge in [0.25, 0.3) is 10.0 Å². The third-order valence-electron chi connectivity index (χ3n) is 6.82. The van der Waals surface area contributed by atoms with Crippen molar-refractivity contribution in [3.63, 3.8) is 0 Å². The molecule has 4 aromatic rings. The van der Waals surface area contributed by atoms with Gasteiger partial charge in [0.05, 0.1) is 10.6 Å². The lowest BCUT2D eigenvalue weighted by Gasteiger charge is -2.34. The molecule has 0 fully saturated rings. The van der Waals surface area contributed by atoms with Crippen molar-refractivity contribution in [1.82, 2.24) is 10.2 Å². The van der Waals surface area contributed by atoms with Crippen molar-refractivity contribution in [3.8, 4) is 0 Å². The number of nitrogens with one attached hydrogen (secondary N) is 1. The predicted molar refractivity (Wildman–Crippen MR) is 169 cm³/mol. The zero-order valence-corrected chi connectivity index (χ0v) is 26.0. The summed E-state index contributed by atoms with van der Waals surface area (Å²) in [5.74, 6) is -0.801. The zero-order valence-electron chi connectivity index (χ0n) is 23.6. The van der Waals surface area contributed by atoms with Crippen LogP contribution < -0.4 is 9.62 Å². The molecule has 0 heterocycles. The van der Waals surface area contributed by atoms with Gasteiger partial charge < -0.3 is 10.2 Å². The first-order chi connectivity index (χ1) is 20.2. The Balaban J connectivity index is 1.78. The monoisotopic (exact) mass is 647 g/mol. The third kappa shape index (κ3) is 7.86. The molecule has 0 aromatic heterocycles. The van der Waals surface area contributed by atoms with E-state index in [4.69, 9.17) is 0 Å². The number of carbonyl (C=O) groups excluding carboxylic acids is 2. The summed E-state index contributed by atoms with van der Waals surface area (Å²) in [6.07, 6.45) is 0.269. The Morgan fingerprint density at radius 2 is 1.40 bits per heavy atom. The normalized spacial score (nSPS) is 11.9. The van der Waals surface area contributed by atoms with Crippen LogP contribution in [0.3, 0.4) is 0 Å². The predicted octanol–water partition coefficient (Wildman–Crippen LogP) is 5.73. The number of hydrogen-bond donors (Lipinski definition) is 1. The highest BCUT2D eigenvalue weighted by Crippen LogP contribution is 2.25. The average Bonchev–Trinajstić information content (AvgIpc) is 3.00. The number of anilines is 1. The second-order valence-electron chi connectivity index (χ2n) is 9.91. The molecule has 4 aromatic carbocycles. The van der Waals surface area contributed by atoms with Crippen LogP contribution in [0.15, 0.2) is 119 Å². The molecular formula is C33H34BrN3O4S. The fraction of sp³-hybridized carbons (Fsp3) is 0.212. The Hall–Kier alpha value is -3.95. The lowest BCUT2D eigenvalue weighted by Crippen LogP contribution is -2.53. The van der Waals surface area contributed by atoms with E-state index < -0.39 is 28.5 Å². The molecular weight excluding hydrogens is 614 g/mol. The standard InChI is InChI=1S/C33H34BrN3O4S/c1-3-35-33(39)31(22-26-10-6-4-7-11-26)36(23-27-16-18-28(34)19-17-27)32(38)24-37(29-20-14-25(2)15-21-29)42(40,41)30-12-8-5-9-13-30/h4-21,31H,3,22-24H2,1-2H3,(H,35,39). The van der Waals surface area contributed by atoms with Gasteiger partial charge in [0.1, 0.15) is 12.6 Å². The van der Waals surface area contributed by atoms with E-state index in [2.05, 4.69) is 21.2 Å². The Labute approximate surface area is 256 Å². The largest absolute Gasteiger partial charge is 0.355 e. The van der Waals surface area contributed by atoms with Crippen molar-refractivity contribution in [2.24, 2.45) is 0 Å². The van der Waals surface area contributed by atoms with Crippen molar-refractivity contribution in [2.45, 2.75) is 37.8 Å². The fourth-order valence-electron chi connectivity index (χ4n) is 4.59. The third-order valence-corrected chi connectivity index (χ3v) is 9.14. The van der Waals surface area contributed by atoms with Crippen LogP contribution in [0.25, 0.3) is 0 Å². The van der Waals surface area contributed by atoms with Crippen LogP contribution in [0.1, 0.15) is 23.6 Å². The molecule has 2 amide bonds. The van der Waals surface area contributed by atoms with Crippen LogP contribution in [0.5, 0.6) is 0 Å². The second-order valence-corrected chi connectivity index (χ2v) is 12.7. The maximum absolute atomic E-state index is 14.3. The Kier molecular flexibility index (Phi) is 10.5. The first kappa shape index (κ1) is 31.0. The topological polar surface area (TPSA) is 86.8 Å². The molecule has 0 aliphatic carbocycles. The van der Waals surface area contributed by atoms with Gasteiger partial charge >= 0.3 is 0 Å². The van der Waals surface area contributed by atoms with Crippen molar-refractivity contribution >= 4 is 43.5 Å². The maximum Gasteiger partial charge on any atom is 0.264 e. The van der Waals surface area contributed by atoms with E-state index in [0.717, 1.165) is 25.5 Å². The molecule has 0 aliphatic heterocycles. The van der Waals surface area contributed by atoms with Gasteiger partial charge in [0.2, 0.25) is 11.8 Å². The molecule has 7 nitrogen and oxygen atoms in total. The summed E-state index contributed by atoms with van der Waals surface area (Å²) in [4.78, 5) is 29.4. The number of benzene rings is 4. The molecule has 0 radical (unpaired) electrons. The minimum absolute atomic E-state index is 0.0717. The van der Waals surface area contributed by atoms with Gasteiger partial charge in [-0.05, 0) is 61.4 Å². The molecule has 218 valence electrons. The Morgan fingerprint density at radius 1 is 0.810 bits per heavy atom. The summed E-state index contributed by atoms with van der Waals surface area (Å²) in [6.45, 7) is 3.76. The second kappa shape index (κ2) is 14.3. The fourth-order valence-corrected chi connectivity index (χ4v) is 6.29. The van der Waals surface area contributed by atoms with E-state index in [9.17, 15) is 18.0 Å². The summed E-state index contributed by atoms with van der Waals surface area (Å²) in [5.41, 5.74) is 3.01. The van der Waals surface area contributed by atoms with E-state index in [1.54, 1.807) is 42.5 Å². The molecule has 0 spiro atoms. The maximum atomic E-state index is 14.3.